The summed E-state index contributed by atoms with van der Waals surface area (Å²) >= 11 is 0. The number of anilines is 2. The van der Waals surface area contributed by atoms with Crippen LogP contribution in [-0.4, -0.2) is 62.5 Å². The first-order chi connectivity index (χ1) is 22.2. The van der Waals surface area contributed by atoms with Gasteiger partial charge in [-0.05, 0) is 48.9 Å². The molecule has 0 aromatic carbocycles. The molecule has 0 aliphatic heterocycles. The average Bonchev–Trinajstić information content (AvgIpc) is 3.73. The Balaban J connectivity index is 1.71. The molecular formula is C32H47N11O4. The molecule has 0 saturated heterocycles. The summed E-state index contributed by atoms with van der Waals surface area (Å²) < 4.78 is 3.55. The van der Waals surface area contributed by atoms with Gasteiger partial charge in [0.2, 0.25) is 0 Å². The number of nitrogens with two attached hydrogens (primary N) is 2. The molecule has 47 heavy (non-hydrogen) atoms. The maximum absolute atomic E-state index is 13.1. The summed E-state index contributed by atoms with van der Waals surface area (Å²) in [4.78, 5) is 54.7. The van der Waals surface area contributed by atoms with E-state index in [0.29, 0.717) is 47.7 Å². The number of amidine groups is 2. The summed E-state index contributed by atoms with van der Waals surface area (Å²) in [5, 5.41) is 25.8. The molecule has 4 amide bonds. The first-order valence-electron chi connectivity index (χ1n) is 15.7. The van der Waals surface area contributed by atoms with Crippen molar-refractivity contribution < 1.29 is 19.2 Å². The highest BCUT2D eigenvalue weighted by atomic mass is 16.2. The van der Waals surface area contributed by atoms with Crippen molar-refractivity contribution in [3.63, 3.8) is 0 Å². The predicted octanol–water partition coefficient (Wildman–Crippen LogP) is 3.33. The molecule has 0 unspecified atom stereocenters. The lowest BCUT2D eigenvalue weighted by molar-refractivity contribution is 0.0937. The predicted molar refractivity (Wildman–Crippen MR) is 182 cm³/mol. The quantitative estimate of drug-likeness (QED) is 0.0739. The number of aromatic amines is 1. The van der Waals surface area contributed by atoms with Gasteiger partial charge in [-0.2, -0.15) is 0 Å². The van der Waals surface area contributed by atoms with Crippen molar-refractivity contribution in [2.45, 2.75) is 66.5 Å². The van der Waals surface area contributed by atoms with Gasteiger partial charge in [-0.1, -0.05) is 27.7 Å². The van der Waals surface area contributed by atoms with E-state index in [2.05, 4.69) is 53.9 Å². The minimum absolute atomic E-state index is 0.0258. The number of amides is 4. The van der Waals surface area contributed by atoms with Gasteiger partial charge in [-0.25, -0.2) is 0 Å². The lowest BCUT2D eigenvalue weighted by atomic mass is 10.1. The zero-order chi connectivity index (χ0) is 34.7. The first kappa shape index (κ1) is 36.1. The lowest BCUT2D eigenvalue weighted by Crippen LogP contribution is -2.29. The number of carbonyl (C=O) groups excluding carboxylic acids is 4. The van der Waals surface area contributed by atoms with Crippen LogP contribution in [0.1, 0.15) is 95.3 Å². The molecule has 0 fully saturated rings. The van der Waals surface area contributed by atoms with Gasteiger partial charge in [0.05, 0.1) is 23.0 Å². The molecule has 15 nitrogen and oxygen atoms in total. The first-order valence-corrected chi connectivity index (χ1v) is 15.7. The van der Waals surface area contributed by atoms with Crippen LogP contribution in [0.5, 0.6) is 0 Å². The average molecular weight is 650 g/mol. The van der Waals surface area contributed by atoms with Crippen LogP contribution < -0.4 is 32.7 Å². The second-order valence-electron chi connectivity index (χ2n) is 12.2. The second-order valence-corrected chi connectivity index (χ2v) is 12.2. The summed E-state index contributed by atoms with van der Waals surface area (Å²) in [6.07, 6.45) is 5.47. The molecule has 11 N–H and O–H groups in total. The third-order valence-corrected chi connectivity index (χ3v) is 7.20. The van der Waals surface area contributed by atoms with Crippen molar-refractivity contribution in [3.8, 4) is 0 Å². The molecule has 0 spiro atoms. The summed E-state index contributed by atoms with van der Waals surface area (Å²) in [5.74, 6) is -0.950. The summed E-state index contributed by atoms with van der Waals surface area (Å²) in [5.41, 5.74) is 12.6. The Hall–Kier alpha value is -5.34. The largest absolute Gasteiger partial charge is 0.388 e. The standard InChI is InChI=1S/C32H47N11O4/c1-19(2)9-13-42-17-21(15-25(42)31(46)37-11-7-27(33)34)39-29(44)23-5-6-24(41-23)30(45)40-22-16-26(32(47)38-12-8-28(35)36)43(18-22)14-10-20(3)4/h5-6,15-20,41H,7-14H2,1-4H3,(H3,33,34)(H3,35,36)(H,37,46)(H,38,47)(H,39,44)(H,40,45). The third kappa shape index (κ3) is 11.2. The number of H-pyrrole nitrogens is 1. The molecule has 0 radical (unpaired) electrons. The summed E-state index contributed by atoms with van der Waals surface area (Å²) in [6.45, 7) is 9.88. The maximum Gasteiger partial charge on any atom is 0.272 e. The zero-order valence-corrected chi connectivity index (χ0v) is 27.5. The van der Waals surface area contributed by atoms with Crippen LogP contribution in [0.25, 0.3) is 0 Å². The maximum atomic E-state index is 13.1. The number of carbonyl (C=O) groups is 4. The van der Waals surface area contributed by atoms with Crippen molar-refractivity contribution in [2.75, 3.05) is 23.7 Å². The highest BCUT2D eigenvalue weighted by molar-refractivity contribution is 6.08. The van der Waals surface area contributed by atoms with E-state index in [1.807, 2.05) is 0 Å². The number of hydrogen-bond donors (Lipinski definition) is 9. The molecule has 254 valence electrons. The highest BCUT2D eigenvalue weighted by Gasteiger charge is 2.20. The molecule has 3 aromatic heterocycles. The SMILES string of the molecule is CC(C)CCn1cc(NC(=O)c2ccc(C(=O)Nc3cc(C(=O)NCCC(=N)N)n(CCC(C)C)c3)[nH]2)cc1C(=O)NCCC(=N)N. The van der Waals surface area contributed by atoms with Gasteiger partial charge in [0.25, 0.3) is 23.6 Å². The number of rotatable bonds is 18. The van der Waals surface area contributed by atoms with Gasteiger partial charge >= 0.3 is 0 Å². The molecule has 3 aromatic rings. The van der Waals surface area contributed by atoms with E-state index in [9.17, 15) is 19.2 Å². The minimum Gasteiger partial charge on any atom is -0.388 e. The van der Waals surface area contributed by atoms with Gasteiger partial charge in [0.1, 0.15) is 22.8 Å². The van der Waals surface area contributed by atoms with Crippen molar-refractivity contribution in [1.29, 1.82) is 10.8 Å². The number of aryl methyl sites for hydroxylation is 2. The normalized spacial score (nSPS) is 11.0. The van der Waals surface area contributed by atoms with Crippen molar-refractivity contribution in [1.82, 2.24) is 24.8 Å². The third-order valence-electron chi connectivity index (χ3n) is 7.20. The Bertz CT molecular complexity index is 1480. The highest BCUT2D eigenvalue weighted by Crippen LogP contribution is 2.20. The molecule has 3 rings (SSSR count). The van der Waals surface area contributed by atoms with E-state index in [4.69, 9.17) is 22.3 Å². The summed E-state index contributed by atoms with van der Waals surface area (Å²) in [7, 11) is 0. The van der Waals surface area contributed by atoms with Crippen LogP contribution in [0, 0.1) is 22.7 Å². The van der Waals surface area contributed by atoms with E-state index < -0.39 is 11.8 Å². The van der Waals surface area contributed by atoms with E-state index in [-0.39, 0.29) is 60.8 Å². The fourth-order valence-corrected chi connectivity index (χ4v) is 4.56. The fraction of sp³-hybridized carbons (Fsp3) is 0.438. The Morgan fingerprint density at radius 1 is 0.702 bits per heavy atom. The van der Waals surface area contributed by atoms with Crippen LogP contribution in [0.15, 0.2) is 36.7 Å². The second kappa shape index (κ2) is 16.8. The van der Waals surface area contributed by atoms with Crippen LogP contribution in [0.2, 0.25) is 0 Å². The molecule has 3 heterocycles. The van der Waals surface area contributed by atoms with Gasteiger partial charge in [-0.3, -0.25) is 30.0 Å². The van der Waals surface area contributed by atoms with Gasteiger partial charge in [0.15, 0.2) is 0 Å². The van der Waals surface area contributed by atoms with Gasteiger partial charge in [-0.15, -0.1) is 0 Å². The van der Waals surface area contributed by atoms with Crippen molar-refractivity contribution in [3.05, 3.63) is 59.4 Å². The number of hydrogen-bond acceptors (Lipinski definition) is 6. The Morgan fingerprint density at radius 3 is 1.43 bits per heavy atom. The van der Waals surface area contributed by atoms with Crippen molar-refractivity contribution in [2.24, 2.45) is 23.3 Å². The Kier molecular flexibility index (Phi) is 12.9. The number of aromatic nitrogens is 3. The van der Waals surface area contributed by atoms with E-state index in [1.54, 1.807) is 33.7 Å². The van der Waals surface area contributed by atoms with Crippen LogP contribution in [-0.2, 0) is 13.1 Å². The van der Waals surface area contributed by atoms with Crippen molar-refractivity contribution >= 4 is 46.7 Å². The summed E-state index contributed by atoms with van der Waals surface area (Å²) in [6, 6.07) is 6.12. The molecule has 0 aliphatic rings. The molecular weight excluding hydrogens is 602 g/mol. The minimum atomic E-state index is -0.502. The van der Waals surface area contributed by atoms with Gasteiger partial charge < -0.3 is 46.9 Å². The molecule has 0 saturated carbocycles. The topological polar surface area (TPSA) is 242 Å². The van der Waals surface area contributed by atoms with Crippen LogP contribution >= 0.6 is 0 Å². The molecule has 0 atom stereocenters. The molecule has 15 heteroatoms. The van der Waals surface area contributed by atoms with E-state index in [0.717, 1.165) is 12.8 Å². The monoisotopic (exact) mass is 649 g/mol. The fourth-order valence-electron chi connectivity index (χ4n) is 4.56. The number of nitrogens with one attached hydrogen (secondary N) is 7. The van der Waals surface area contributed by atoms with Crippen LogP contribution in [0.4, 0.5) is 11.4 Å². The zero-order valence-electron chi connectivity index (χ0n) is 27.5. The Labute approximate surface area is 274 Å². The van der Waals surface area contributed by atoms with Gasteiger partial charge in [0, 0.05) is 51.4 Å². The number of nitrogens with zero attached hydrogens (tertiary/aromatic N) is 2. The van der Waals surface area contributed by atoms with E-state index >= 15 is 0 Å². The van der Waals surface area contributed by atoms with Crippen LogP contribution in [0.3, 0.4) is 0 Å². The lowest BCUT2D eigenvalue weighted by Gasteiger charge is -2.11. The smallest absolute Gasteiger partial charge is 0.272 e. The molecule has 0 aliphatic carbocycles. The van der Waals surface area contributed by atoms with E-state index in [1.165, 1.54) is 12.1 Å². The molecule has 0 bridgehead atoms. The Morgan fingerprint density at radius 2 is 1.09 bits per heavy atom.